The van der Waals surface area contributed by atoms with Crippen LogP contribution in [0.2, 0.25) is 0 Å². The molecule has 1 heterocycles. The first kappa shape index (κ1) is 18.3. The molecule has 4 atom stereocenters. The molecular formula is C23H31NO4. The Morgan fingerprint density at radius 1 is 1.21 bits per heavy atom. The molecule has 0 aromatic heterocycles. The molecule has 4 aliphatic rings. The van der Waals surface area contributed by atoms with Gasteiger partial charge >= 0.3 is 6.16 Å². The molecule has 1 aliphatic heterocycles. The number of piperidine rings is 1. The number of benzene rings is 1. The predicted molar refractivity (Wildman–Crippen MR) is 106 cm³/mol. The van der Waals surface area contributed by atoms with Crippen molar-refractivity contribution in [3.63, 3.8) is 0 Å². The van der Waals surface area contributed by atoms with Crippen LogP contribution in [-0.4, -0.2) is 29.6 Å². The third kappa shape index (κ3) is 2.81. The molecule has 1 aromatic carbocycles. The second kappa shape index (κ2) is 6.65. The molecule has 0 amide bonds. The molecule has 0 spiro atoms. The Morgan fingerprint density at radius 3 is 2.82 bits per heavy atom. The summed E-state index contributed by atoms with van der Waals surface area (Å²) in [5.74, 6) is 0.493. The second-order valence-electron chi connectivity index (χ2n) is 9.46. The molecule has 3 aliphatic carbocycles. The molecule has 1 saturated heterocycles. The van der Waals surface area contributed by atoms with E-state index in [1.54, 1.807) is 6.92 Å². The predicted octanol–water partition coefficient (Wildman–Crippen LogP) is 4.62. The third-order valence-electron chi connectivity index (χ3n) is 8.08. The number of carbonyl (C=O) groups is 1. The van der Waals surface area contributed by atoms with Gasteiger partial charge < -0.3 is 19.9 Å². The lowest BCUT2D eigenvalue weighted by Crippen LogP contribution is -2.59. The second-order valence-corrected chi connectivity index (χ2v) is 9.46. The van der Waals surface area contributed by atoms with Crippen molar-refractivity contribution in [3.8, 4) is 5.75 Å². The fraction of sp³-hybridized carbons (Fsp3) is 0.696. The van der Waals surface area contributed by atoms with Crippen molar-refractivity contribution in [1.82, 2.24) is 5.32 Å². The maximum absolute atomic E-state index is 11.3. The van der Waals surface area contributed by atoms with E-state index in [9.17, 15) is 9.90 Å². The summed E-state index contributed by atoms with van der Waals surface area (Å²) in [7, 11) is 0. The van der Waals surface area contributed by atoms with E-state index in [-0.39, 0.29) is 11.3 Å². The van der Waals surface area contributed by atoms with Crippen LogP contribution in [0.25, 0.3) is 0 Å². The first-order valence-corrected chi connectivity index (χ1v) is 11.0. The molecule has 0 radical (unpaired) electrons. The zero-order valence-corrected chi connectivity index (χ0v) is 16.7. The molecule has 5 heteroatoms. The summed E-state index contributed by atoms with van der Waals surface area (Å²) in [6, 6.07) is 7.04. The van der Waals surface area contributed by atoms with Gasteiger partial charge in [-0.3, -0.25) is 0 Å². The van der Waals surface area contributed by atoms with Crippen LogP contribution in [0.3, 0.4) is 0 Å². The van der Waals surface area contributed by atoms with Crippen LogP contribution in [0.5, 0.6) is 5.75 Å². The van der Waals surface area contributed by atoms with E-state index in [1.165, 1.54) is 43.2 Å². The zero-order chi connectivity index (χ0) is 19.4. The van der Waals surface area contributed by atoms with Gasteiger partial charge in [0.05, 0.1) is 0 Å². The lowest BCUT2D eigenvalue weighted by atomic mass is 9.53. The number of hydrogen-bond donors (Lipinski definition) is 2. The first-order valence-electron chi connectivity index (χ1n) is 11.0. The molecule has 5 nitrogen and oxygen atoms in total. The summed E-state index contributed by atoms with van der Waals surface area (Å²) in [5.41, 5.74) is 3.16. The summed E-state index contributed by atoms with van der Waals surface area (Å²) >= 11 is 0. The minimum absolute atomic E-state index is 0.128. The number of nitrogens with one attached hydrogen (secondary N) is 1. The highest BCUT2D eigenvalue weighted by molar-refractivity contribution is 5.57. The summed E-state index contributed by atoms with van der Waals surface area (Å²) in [4.78, 5) is 11.3. The maximum Gasteiger partial charge on any atom is 0.509 e. The summed E-state index contributed by atoms with van der Waals surface area (Å²) in [6.45, 7) is 2.88. The molecule has 1 aromatic rings. The van der Waals surface area contributed by atoms with E-state index >= 15 is 0 Å². The van der Waals surface area contributed by atoms with Gasteiger partial charge in [0.2, 0.25) is 0 Å². The van der Waals surface area contributed by atoms with Crippen molar-refractivity contribution < 1.29 is 19.4 Å². The van der Waals surface area contributed by atoms with E-state index in [0.717, 1.165) is 38.0 Å². The van der Waals surface area contributed by atoms with Crippen molar-refractivity contribution in [1.29, 1.82) is 0 Å². The van der Waals surface area contributed by atoms with E-state index in [4.69, 9.17) is 9.47 Å². The fourth-order valence-electron chi connectivity index (χ4n) is 6.49. The standard InChI is InChI=1S/C23H31NO4/c1-22(28-21(25)26,16-5-4-6-16)27-17-9-8-15-13-20-18-7-2-3-10-23(18,11-12-24-20)19(15)14-17/h8-9,14,16,18,20,24H,2-7,10-13H2,1H3,(H,25,26)/t18-,20+,22?,23+/m0/s1. The Bertz CT molecular complexity index is 772. The van der Waals surface area contributed by atoms with Gasteiger partial charge in [0.15, 0.2) is 0 Å². The van der Waals surface area contributed by atoms with Crippen LogP contribution in [0, 0.1) is 11.8 Å². The van der Waals surface area contributed by atoms with Crippen LogP contribution in [0.4, 0.5) is 4.79 Å². The van der Waals surface area contributed by atoms with Crippen LogP contribution in [-0.2, 0) is 16.6 Å². The normalized spacial score (nSPS) is 33.6. The third-order valence-corrected chi connectivity index (χ3v) is 8.08. The van der Waals surface area contributed by atoms with Gasteiger partial charge in [0.25, 0.3) is 5.79 Å². The van der Waals surface area contributed by atoms with Crippen LogP contribution in [0.15, 0.2) is 18.2 Å². The highest BCUT2D eigenvalue weighted by atomic mass is 16.8. The minimum atomic E-state index is -1.26. The molecule has 2 saturated carbocycles. The Morgan fingerprint density at radius 2 is 2.07 bits per heavy atom. The molecule has 152 valence electrons. The van der Waals surface area contributed by atoms with E-state index < -0.39 is 11.9 Å². The number of rotatable bonds is 4. The minimum Gasteiger partial charge on any atom is -0.452 e. The van der Waals surface area contributed by atoms with Crippen molar-refractivity contribution in [3.05, 3.63) is 29.3 Å². The number of fused-ring (bicyclic) bond motifs is 1. The summed E-state index contributed by atoms with van der Waals surface area (Å²) in [6.07, 6.45) is 9.24. The fourth-order valence-corrected chi connectivity index (χ4v) is 6.49. The quantitative estimate of drug-likeness (QED) is 0.585. The first-order chi connectivity index (χ1) is 13.5. The topological polar surface area (TPSA) is 67.8 Å². The van der Waals surface area contributed by atoms with E-state index in [2.05, 4.69) is 17.4 Å². The summed E-state index contributed by atoms with van der Waals surface area (Å²) in [5, 5.41) is 13.0. The van der Waals surface area contributed by atoms with Gasteiger partial charge in [0, 0.05) is 24.3 Å². The van der Waals surface area contributed by atoms with Crippen LogP contribution >= 0.6 is 0 Å². The summed E-state index contributed by atoms with van der Waals surface area (Å²) < 4.78 is 11.5. The molecule has 1 unspecified atom stereocenters. The molecule has 2 bridgehead atoms. The Labute approximate surface area is 166 Å². The average molecular weight is 386 g/mol. The van der Waals surface area contributed by atoms with Gasteiger partial charge in [-0.15, -0.1) is 0 Å². The monoisotopic (exact) mass is 385 g/mol. The number of carboxylic acid groups (broad SMARTS) is 1. The molecular weight excluding hydrogens is 354 g/mol. The van der Waals surface area contributed by atoms with Gasteiger partial charge in [-0.25, -0.2) is 4.79 Å². The van der Waals surface area contributed by atoms with Gasteiger partial charge in [-0.05, 0) is 74.2 Å². The van der Waals surface area contributed by atoms with Crippen molar-refractivity contribution in [2.24, 2.45) is 11.8 Å². The Balaban J connectivity index is 1.49. The van der Waals surface area contributed by atoms with Crippen molar-refractivity contribution in [2.75, 3.05) is 6.54 Å². The Kier molecular flexibility index (Phi) is 4.34. The molecule has 5 rings (SSSR count). The van der Waals surface area contributed by atoms with Gasteiger partial charge in [0.1, 0.15) is 5.75 Å². The maximum atomic E-state index is 11.3. The Hall–Kier alpha value is -1.75. The van der Waals surface area contributed by atoms with Gasteiger partial charge in [-0.2, -0.15) is 0 Å². The number of hydrogen-bond acceptors (Lipinski definition) is 4. The average Bonchev–Trinajstić information content (AvgIpc) is 2.60. The van der Waals surface area contributed by atoms with E-state index in [0.29, 0.717) is 12.0 Å². The number of ether oxygens (including phenoxy) is 2. The highest BCUT2D eigenvalue weighted by Crippen LogP contribution is 2.54. The molecule has 3 fully saturated rings. The van der Waals surface area contributed by atoms with Crippen molar-refractivity contribution in [2.45, 2.75) is 82.0 Å². The smallest absolute Gasteiger partial charge is 0.452 e. The largest absolute Gasteiger partial charge is 0.509 e. The lowest BCUT2D eigenvalue weighted by molar-refractivity contribution is -0.191. The molecule has 2 N–H and O–H groups in total. The SMILES string of the molecule is CC(OC(=O)O)(Oc1ccc2c(c1)[C@@]13CCCC[C@H]1[C@@H](C2)NCC3)C1CCC1. The van der Waals surface area contributed by atoms with Crippen molar-refractivity contribution >= 4 is 6.16 Å². The van der Waals surface area contributed by atoms with Crippen LogP contribution in [0.1, 0.15) is 69.4 Å². The van der Waals surface area contributed by atoms with Crippen LogP contribution < -0.4 is 10.1 Å². The lowest BCUT2D eigenvalue weighted by Gasteiger charge is -2.56. The van der Waals surface area contributed by atoms with E-state index in [1.807, 2.05) is 6.07 Å². The zero-order valence-electron chi connectivity index (χ0n) is 16.7. The molecule has 28 heavy (non-hydrogen) atoms. The highest BCUT2D eigenvalue weighted by Gasteiger charge is 2.52. The van der Waals surface area contributed by atoms with Gasteiger partial charge in [-0.1, -0.05) is 25.3 Å².